The molecule has 2 heterocycles. The lowest BCUT2D eigenvalue weighted by Crippen LogP contribution is -2.02. The summed E-state index contributed by atoms with van der Waals surface area (Å²) >= 11 is 0. The smallest absolute Gasteiger partial charge is 0.164 e. The van der Waals surface area contributed by atoms with E-state index in [1.54, 1.807) is 0 Å². The Hall–Kier alpha value is -7.95. The Bertz CT molecular complexity index is 3540. The van der Waals surface area contributed by atoms with E-state index in [-0.39, 0.29) is 0 Å². The normalized spacial score (nSPS) is 11.7. The molecular weight excluding hydrogens is 717 g/mol. The Morgan fingerprint density at radius 2 is 0.881 bits per heavy atom. The van der Waals surface area contributed by atoms with Crippen molar-refractivity contribution in [1.29, 1.82) is 0 Å². The molecule has 0 spiro atoms. The lowest BCUT2D eigenvalue weighted by molar-refractivity contribution is 1.08. The minimum atomic E-state index is 0.631. The van der Waals surface area contributed by atoms with Crippen LogP contribution in [0.3, 0.4) is 0 Å². The van der Waals surface area contributed by atoms with E-state index >= 15 is 0 Å². The summed E-state index contributed by atoms with van der Waals surface area (Å²) < 4.78 is 2.47. The second-order valence-electron chi connectivity index (χ2n) is 15.2. The van der Waals surface area contributed by atoms with Gasteiger partial charge in [0.25, 0.3) is 0 Å². The molecule has 0 unspecified atom stereocenters. The van der Waals surface area contributed by atoms with Crippen LogP contribution in [-0.4, -0.2) is 19.5 Å². The van der Waals surface area contributed by atoms with Crippen molar-refractivity contribution in [3.05, 3.63) is 206 Å². The van der Waals surface area contributed by atoms with E-state index in [0.29, 0.717) is 17.5 Å². The van der Waals surface area contributed by atoms with Crippen molar-refractivity contribution >= 4 is 64.9 Å². The number of fused-ring (bicyclic) bond motifs is 8. The topological polar surface area (TPSA) is 43.6 Å². The fraction of sp³-hybridized carbons (Fsp3) is 0. The van der Waals surface area contributed by atoms with Crippen LogP contribution >= 0.6 is 0 Å². The quantitative estimate of drug-likeness (QED) is 0.176. The molecule has 0 N–H and O–H groups in total. The fourth-order valence-electron chi connectivity index (χ4n) is 9.03. The first kappa shape index (κ1) is 33.2. The Balaban J connectivity index is 1.19. The largest absolute Gasteiger partial charge is 0.309 e. The van der Waals surface area contributed by atoms with Crippen molar-refractivity contribution in [2.75, 3.05) is 0 Å². The van der Waals surface area contributed by atoms with E-state index in [1.165, 1.54) is 48.7 Å². The van der Waals surface area contributed by atoms with E-state index in [9.17, 15) is 0 Å². The van der Waals surface area contributed by atoms with E-state index in [2.05, 4.69) is 174 Å². The molecule has 0 radical (unpaired) electrons. The molecule has 0 amide bonds. The van der Waals surface area contributed by atoms with Gasteiger partial charge >= 0.3 is 0 Å². The summed E-state index contributed by atoms with van der Waals surface area (Å²) in [6.45, 7) is 0. The predicted octanol–water partition coefficient (Wildman–Crippen LogP) is 14.2. The van der Waals surface area contributed by atoms with Crippen LogP contribution in [-0.2, 0) is 0 Å². The highest BCUT2D eigenvalue weighted by atomic mass is 15.0. The van der Waals surface area contributed by atoms with Crippen LogP contribution in [0.2, 0.25) is 0 Å². The summed E-state index contributed by atoms with van der Waals surface area (Å²) in [4.78, 5) is 15.4. The average molecular weight is 751 g/mol. The maximum absolute atomic E-state index is 5.20. The Morgan fingerprint density at radius 3 is 1.61 bits per heavy atom. The lowest BCUT2D eigenvalue weighted by Gasteiger charge is -2.17. The predicted molar refractivity (Wildman–Crippen MR) is 246 cm³/mol. The minimum Gasteiger partial charge on any atom is -0.309 e. The van der Waals surface area contributed by atoms with Crippen LogP contribution < -0.4 is 0 Å². The van der Waals surface area contributed by atoms with Gasteiger partial charge < -0.3 is 4.57 Å². The van der Waals surface area contributed by atoms with Crippen molar-refractivity contribution in [1.82, 2.24) is 19.5 Å². The van der Waals surface area contributed by atoms with Gasteiger partial charge in [-0.1, -0.05) is 170 Å². The molecule has 4 heteroatoms. The number of hydrogen-bond donors (Lipinski definition) is 0. The SMILES string of the molecule is c1ccc(-c2nc(-c3ccccc3)nc(-c3ccc(-n4c5cc6ccccc6cc5c5c6ccccc6ccc54)c4cc(-c5cccc6ccccc56)ccc34)n2)cc1. The summed E-state index contributed by atoms with van der Waals surface area (Å²) in [7, 11) is 0. The van der Waals surface area contributed by atoms with Crippen LogP contribution in [0.5, 0.6) is 0 Å². The number of rotatable bonds is 5. The third-order valence-electron chi connectivity index (χ3n) is 11.8. The van der Waals surface area contributed by atoms with Gasteiger partial charge in [-0.2, -0.15) is 0 Å². The van der Waals surface area contributed by atoms with Crippen molar-refractivity contribution in [2.45, 2.75) is 0 Å². The zero-order valence-corrected chi connectivity index (χ0v) is 31.9. The highest BCUT2D eigenvalue weighted by Crippen LogP contribution is 2.43. The van der Waals surface area contributed by atoms with Gasteiger partial charge in [0, 0.05) is 32.8 Å². The van der Waals surface area contributed by atoms with E-state index < -0.39 is 0 Å². The molecule has 0 aliphatic carbocycles. The molecule has 0 fully saturated rings. The first-order valence-corrected chi connectivity index (χ1v) is 20.0. The zero-order chi connectivity index (χ0) is 38.9. The molecule has 0 saturated heterocycles. The van der Waals surface area contributed by atoms with E-state index in [4.69, 9.17) is 15.0 Å². The third kappa shape index (κ3) is 5.42. The molecule has 0 saturated carbocycles. The number of benzene rings is 10. The van der Waals surface area contributed by atoms with Gasteiger partial charge in [-0.15, -0.1) is 0 Å². The molecule has 2 aromatic heterocycles. The van der Waals surface area contributed by atoms with Crippen LogP contribution in [0.25, 0.3) is 116 Å². The van der Waals surface area contributed by atoms with Crippen molar-refractivity contribution < 1.29 is 0 Å². The first-order valence-electron chi connectivity index (χ1n) is 20.0. The highest BCUT2D eigenvalue weighted by Gasteiger charge is 2.21. The Morgan fingerprint density at radius 1 is 0.288 bits per heavy atom. The standard InChI is InChI=1S/C55H34N4/c1-3-16-37(17-4-1)53-56-54(38-18-5-2-6-19-38)58-55(57-53)46-29-31-49(47-33-41(26-28-45(46)47)43-25-13-22-35-14-9-11-23-42(35)43)59-50-30-27-36-15-10-12-24-44(36)52(50)48-32-39-20-7-8-21-40(39)34-51(48)59/h1-34H. The van der Waals surface area contributed by atoms with Crippen molar-refractivity contribution in [3.8, 4) is 51.0 Å². The van der Waals surface area contributed by atoms with Gasteiger partial charge in [-0.05, 0) is 85.2 Å². The molecule has 4 nitrogen and oxygen atoms in total. The molecule has 0 bridgehead atoms. The second-order valence-corrected chi connectivity index (χ2v) is 15.2. The number of nitrogens with zero attached hydrogens (tertiary/aromatic N) is 4. The molecule has 0 atom stereocenters. The van der Waals surface area contributed by atoms with Crippen LogP contribution in [0.1, 0.15) is 0 Å². The molecule has 274 valence electrons. The lowest BCUT2D eigenvalue weighted by atomic mass is 9.94. The summed E-state index contributed by atoms with van der Waals surface area (Å²) in [6, 6.07) is 73.6. The van der Waals surface area contributed by atoms with Crippen molar-refractivity contribution in [3.63, 3.8) is 0 Å². The van der Waals surface area contributed by atoms with Gasteiger partial charge in [0.1, 0.15) is 0 Å². The molecule has 59 heavy (non-hydrogen) atoms. The molecule has 12 aromatic rings. The summed E-state index contributed by atoms with van der Waals surface area (Å²) in [5.41, 5.74) is 8.59. The molecule has 12 rings (SSSR count). The van der Waals surface area contributed by atoms with Gasteiger partial charge in [0.15, 0.2) is 17.5 Å². The summed E-state index contributed by atoms with van der Waals surface area (Å²) in [6.07, 6.45) is 0. The van der Waals surface area contributed by atoms with Gasteiger partial charge in [-0.25, -0.2) is 15.0 Å². The molecular formula is C55H34N4. The second kappa shape index (κ2) is 13.3. The third-order valence-corrected chi connectivity index (χ3v) is 11.8. The minimum absolute atomic E-state index is 0.631. The summed E-state index contributed by atoms with van der Waals surface area (Å²) in [5.74, 6) is 1.91. The fourth-order valence-corrected chi connectivity index (χ4v) is 9.03. The van der Waals surface area contributed by atoms with Crippen molar-refractivity contribution in [2.24, 2.45) is 0 Å². The molecule has 10 aromatic carbocycles. The van der Waals surface area contributed by atoms with Gasteiger partial charge in [0.2, 0.25) is 0 Å². The van der Waals surface area contributed by atoms with Crippen LogP contribution in [0, 0.1) is 0 Å². The summed E-state index contributed by atoms with van der Waals surface area (Å²) in [5, 5.41) is 12.0. The average Bonchev–Trinajstić information content (AvgIpc) is 3.63. The zero-order valence-electron chi connectivity index (χ0n) is 31.9. The Labute approximate surface area is 340 Å². The number of hydrogen-bond acceptors (Lipinski definition) is 3. The monoisotopic (exact) mass is 750 g/mol. The van der Waals surface area contributed by atoms with Gasteiger partial charge in [0.05, 0.1) is 16.7 Å². The van der Waals surface area contributed by atoms with Gasteiger partial charge in [-0.3, -0.25) is 0 Å². The van der Waals surface area contributed by atoms with E-state index in [0.717, 1.165) is 49.7 Å². The maximum Gasteiger partial charge on any atom is 0.164 e. The van der Waals surface area contributed by atoms with Crippen LogP contribution in [0.15, 0.2) is 206 Å². The molecule has 0 aliphatic heterocycles. The number of aromatic nitrogens is 4. The Kier molecular flexibility index (Phi) is 7.50. The first-order chi connectivity index (χ1) is 29.2. The highest BCUT2D eigenvalue weighted by molar-refractivity contribution is 6.24. The van der Waals surface area contributed by atoms with Crippen LogP contribution in [0.4, 0.5) is 0 Å². The van der Waals surface area contributed by atoms with E-state index in [1.807, 2.05) is 36.4 Å². The molecule has 0 aliphatic rings. The maximum atomic E-state index is 5.20.